The molecule has 1 saturated heterocycles. The first kappa shape index (κ1) is 15.4. The fourth-order valence-electron chi connectivity index (χ4n) is 2.65. The molecule has 2 aromatic rings. The zero-order chi connectivity index (χ0) is 16.4. The molecule has 1 aromatic heterocycles. The molecule has 7 heteroatoms. The Morgan fingerprint density at radius 2 is 1.96 bits per heavy atom. The van der Waals surface area contributed by atoms with Gasteiger partial charge in [0.15, 0.2) is 0 Å². The number of hydrogen-bond acceptors (Lipinski definition) is 4. The van der Waals surface area contributed by atoms with Gasteiger partial charge in [-0.25, -0.2) is 4.39 Å². The highest BCUT2D eigenvalue weighted by molar-refractivity contribution is 5.92. The van der Waals surface area contributed by atoms with Crippen molar-refractivity contribution < 1.29 is 9.18 Å². The molecule has 6 nitrogen and oxygen atoms in total. The van der Waals surface area contributed by atoms with Crippen LogP contribution in [-0.2, 0) is 0 Å². The SMILES string of the molecule is N[C@H]1CCCN(C(=O)c2ccc(=O)n(-c3ccc(F)cc3)n2)C1. The van der Waals surface area contributed by atoms with E-state index in [9.17, 15) is 14.0 Å². The summed E-state index contributed by atoms with van der Waals surface area (Å²) in [4.78, 5) is 26.1. The lowest BCUT2D eigenvalue weighted by molar-refractivity contribution is 0.0700. The van der Waals surface area contributed by atoms with Crippen LogP contribution in [0.2, 0.25) is 0 Å². The molecule has 0 spiro atoms. The summed E-state index contributed by atoms with van der Waals surface area (Å²) in [6, 6.07) is 8.01. The maximum absolute atomic E-state index is 13.0. The number of aromatic nitrogens is 2. The Hall–Kier alpha value is -2.54. The van der Waals surface area contributed by atoms with Crippen LogP contribution in [0.3, 0.4) is 0 Å². The highest BCUT2D eigenvalue weighted by Gasteiger charge is 2.23. The number of likely N-dealkylation sites (tertiary alicyclic amines) is 1. The van der Waals surface area contributed by atoms with E-state index in [1.807, 2.05) is 0 Å². The number of nitrogens with zero attached hydrogens (tertiary/aromatic N) is 3. The lowest BCUT2D eigenvalue weighted by atomic mass is 10.1. The molecule has 1 aromatic carbocycles. The molecular formula is C16H17FN4O2. The Bertz CT molecular complexity index is 772. The van der Waals surface area contributed by atoms with E-state index in [0.29, 0.717) is 18.8 Å². The number of rotatable bonds is 2. The van der Waals surface area contributed by atoms with Gasteiger partial charge in [0.2, 0.25) is 0 Å². The number of amides is 1. The van der Waals surface area contributed by atoms with Crippen LogP contribution in [0.15, 0.2) is 41.2 Å². The lowest BCUT2D eigenvalue weighted by Gasteiger charge is -2.30. The number of benzene rings is 1. The topological polar surface area (TPSA) is 81.2 Å². The second-order valence-electron chi connectivity index (χ2n) is 5.60. The van der Waals surface area contributed by atoms with Gasteiger partial charge in [-0.3, -0.25) is 9.59 Å². The fourth-order valence-corrected chi connectivity index (χ4v) is 2.65. The molecule has 1 aliphatic heterocycles. The molecule has 120 valence electrons. The molecule has 0 aliphatic carbocycles. The van der Waals surface area contributed by atoms with Gasteiger partial charge in [0.25, 0.3) is 11.5 Å². The van der Waals surface area contributed by atoms with E-state index in [4.69, 9.17) is 5.73 Å². The van der Waals surface area contributed by atoms with Crippen LogP contribution in [0.25, 0.3) is 5.69 Å². The highest BCUT2D eigenvalue weighted by Crippen LogP contribution is 2.12. The standard InChI is InChI=1S/C16H17FN4O2/c17-11-3-5-13(6-4-11)21-15(22)8-7-14(19-21)16(23)20-9-1-2-12(18)10-20/h3-8,12H,1-2,9-10,18H2/t12-/m0/s1. The van der Waals surface area contributed by atoms with Crippen molar-refractivity contribution in [2.45, 2.75) is 18.9 Å². The van der Waals surface area contributed by atoms with Crippen molar-refractivity contribution in [2.24, 2.45) is 5.73 Å². The molecule has 2 N–H and O–H groups in total. The van der Waals surface area contributed by atoms with Crippen LogP contribution in [-0.4, -0.2) is 39.7 Å². The van der Waals surface area contributed by atoms with Crippen molar-refractivity contribution in [3.05, 3.63) is 58.3 Å². The minimum absolute atomic E-state index is 0.0318. The number of piperidine rings is 1. The first-order valence-electron chi connectivity index (χ1n) is 7.46. The highest BCUT2D eigenvalue weighted by atomic mass is 19.1. The van der Waals surface area contributed by atoms with E-state index in [2.05, 4.69) is 5.10 Å². The number of nitrogens with two attached hydrogens (primary N) is 1. The van der Waals surface area contributed by atoms with Crippen molar-refractivity contribution in [3.8, 4) is 5.69 Å². The van der Waals surface area contributed by atoms with Crippen molar-refractivity contribution in [1.29, 1.82) is 0 Å². The summed E-state index contributed by atoms with van der Waals surface area (Å²) in [5, 5.41) is 4.12. The maximum atomic E-state index is 13.0. The summed E-state index contributed by atoms with van der Waals surface area (Å²) in [5.74, 6) is -0.660. The number of halogens is 1. The van der Waals surface area contributed by atoms with Gasteiger partial charge >= 0.3 is 0 Å². The number of carbonyl (C=O) groups excluding carboxylic acids is 1. The molecule has 3 rings (SSSR count). The van der Waals surface area contributed by atoms with Crippen molar-refractivity contribution in [3.63, 3.8) is 0 Å². The Labute approximate surface area is 132 Å². The Balaban J connectivity index is 1.92. The van der Waals surface area contributed by atoms with Gasteiger partial charge in [0.1, 0.15) is 11.5 Å². The van der Waals surface area contributed by atoms with Gasteiger partial charge in [-0.15, -0.1) is 0 Å². The van der Waals surface area contributed by atoms with Gasteiger partial charge in [0, 0.05) is 25.2 Å². The van der Waals surface area contributed by atoms with Crippen molar-refractivity contribution in [2.75, 3.05) is 13.1 Å². The molecular weight excluding hydrogens is 299 g/mol. The lowest BCUT2D eigenvalue weighted by Crippen LogP contribution is -2.46. The predicted octanol–water partition coefficient (Wildman–Crippen LogP) is 0.935. The third-order valence-corrected chi connectivity index (χ3v) is 3.84. The van der Waals surface area contributed by atoms with Crippen molar-refractivity contribution in [1.82, 2.24) is 14.7 Å². The Morgan fingerprint density at radius 1 is 1.22 bits per heavy atom. The van der Waals surface area contributed by atoms with Gasteiger partial charge < -0.3 is 10.6 Å². The number of carbonyl (C=O) groups is 1. The summed E-state index contributed by atoms with van der Waals surface area (Å²) >= 11 is 0. The third kappa shape index (κ3) is 3.29. The van der Waals surface area contributed by atoms with Crippen LogP contribution in [0.5, 0.6) is 0 Å². The van der Waals surface area contributed by atoms with Gasteiger partial charge in [-0.05, 0) is 43.2 Å². The monoisotopic (exact) mass is 316 g/mol. The van der Waals surface area contributed by atoms with E-state index in [0.717, 1.165) is 17.5 Å². The molecule has 0 bridgehead atoms. The van der Waals surface area contributed by atoms with Crippen LogP contribution in [0.1, 0.15) is 23.3 Å². The minimum Gasteiger partial charge on any atom is -0.336 e. The van der Waals surface area contributed by atoms with E-state index >= 15 is 0 Å². The average Bonchev–Trinajstić information content (AvgIpc) is 2.55. The van der Waals surface area contributed by atoms with Gasteiger partial charge in [-0.1, -0.05) is 0 Å². The Morgan fingerprint density at radius 3 is 2.65 bits per heavy atom. The molecule has 1 fully saturated rings. The van der Waals surface area contributed by atoms with Crippen LogP contribution in [0.4, 0.5) is 4.39 Å². The third-order valence-electron chi connectivity index (χ3n) is 3.84. The maximum Gasteiger partial charge on any atom is 0.274 e. The molecule has 2 heterocycles. The van der Waals surface area contributed by atoms with Gasteiger partial charge in [0.05, 0.1) is 5.69 Å². The van der Waals surface area contributed by atoms with E-state index in [1.165, 1.54) is 36.4 Å². The molecule has 0 radical (unpaired) electrons. The second-order valence-corrected chi connectivity index (χ2v) is 5.60. The summed E-state index contributed by atoms with van der Waals surface area (Å²) in [5.41, 5.74) is 6.08. The molecule has 0 saturated carbocycles. The summed E-state index contributed by atoms with van der Waals surface area (Å²) in [7, 11) is 0. The Kier molecular flexibility index (Phi) is 4.20. The van der Waals surface area contributed by atoms with Crippen molar-refractivity contribution >= 4 is 5.91 Å². The normalized spacial score (nSPS) is 18.0. The van der Waals surface area contributed by atoms with E-state index in [-0.39, 0.29) is 23.2 Å². The summed E-state index contributed by atoms with van der Waals surface area (Å²) in [6.45, 7) is 1.11. The molecule has 1 aliphatic rings. The quantitative estimate of drug-likeness (QED) is 0.894. The molecule has 1 atom stereocenters. The zero-order valence-electron chi connectivity index (χ0n) is 12.5. The average molecular weight is 316 g/mol. The molecule has 0 unspecified atom stereocenters. The first-order valence-corrected chi connectivity index (χ1v) is 7.46. The van der Waals surface area contributed by atoms with Crippen LogP contribution < -0.4 is 11.3 Å². The van der Waals surface area contributed by atoms with Crippen LogP contribution >= 0.6 is 0 Å². The van der Waals surface area contributed by atoms with E-state index < -0.39 is 5.82 Å². The smallest absolute Gasteiger partial charge is 0.274 e. The largest absolute Gasteiger partial charge is 0.336 e. The predicted molar refractivity (Wildman–Crippen MR) is 82.9 cm³/mol. The first-order chi connectivity index (χ1) is 11.0. The van der Waals surface area contributed by atoms with E-state index in [1.54, 1.807) is 4.90 Å². The molecule has 23 heavy (non-hydrogen) atoms. The van der Waals surface area contributed by atoms with Gasteiger partial charge in [-0.2, -0.15) is 9.78 Å². The summed E-state index contributed by atoms with van der Waals surface area (Å²) in [6.07, 6.45) is 1.75. The zero-order valence-corrected chi connectivity index (χ0v) is 12.5. The summed E-state index contributed by atoms with van der Waals surface area (Å²) < 4.78 is 14.1. The molecule has 1 amide bonds. The minimum atomic E-state index is -0.406. The fraction of sp³-hybridized carbons (Fsp3) is 0.312. The number of hydrogen-bond donors (Lipinski definition) is 1. The van der Waals surface area contributed by atoms with Crippen LogP contribution in [0, 0.1) is 5.82 Å². The second kappa shape index (κ2) is 6.29.